The van der Waals surface area contributed by atoms with Gasteiger partial charge in [-0.25, -0.2) is 26.9 Å². The molecule has 1 saturated carbocycles. The van der Waals surface area contributed by atoms with Crippen molar-refractivity contribution in [3.63, 3.8) is 0 Å². The molecule has 2 heterocycles. The number of phenols is 1. The Kier molecular flexibility index (Phi) is 8.02. The van der Waals surface area contributed by atoms with Crippen LogP contribution in [0.1, 0.15) is 37.2 Å². The van der Waals surface area contributed by atoms with Crippen LogP contribution in [0.5, 0.6) is 11.5 Å². The van der Waals surface area contributed by atoms with E-state index in [0.717, 1.165) is 11.0 Å². The molecule has 6 unspecified atom stereocenters. The third kappa shape index (κ3) is 4.39. The van der Waals surface area contributed by atoms with Crippen molar-refractivity contribution in [2.24, 2.45) is 17.8 Å². The fourth-order valence-electron chi connectivity index (χ4n) is 7.48. The van der Waals surface area contributed by atoms with E-state index in [9.17, 15) is 42.3 Å². The number of benzene rings is 2. The van der Waals surface area contributed by atoms with Crippen LogP contribution in [0.3, 0.4) is 0 Å². The Morgan fingerprint density at radius 1 is 0.958 bits per heavy atom. The van der Waals surface area contributed by atoms with Crippen LogP contribution < -0.4 is 9.64 Å². The molecule has 4 aliphatic rings. The Morgan fingerprint density at radius 2 is 1.58 bits per heavy atom. The van der Waals surface area contributed by atoms with Crippen molar-refractivity contribution in [3.05, 3.63) is 64.5 Å². The molecule has 2 aromatic carbocycles. The maximum atomic E-state index is 15.1. The van der Waals surface area contributed by atoms with E-state index >= 15 is 8.78 Å². The largest absolute Gasteiger partial charge is 0.508 e. The monoisotopic (exact) mass is 716 g/mol. The Hall–Kier alpha value is -4.24. The molecule has 10 nitrogen and oxygen atoms in total. The first kappa shape index (κ1) is 33.7. The van der Waals surface area contributed by atoms with Crippen LogP contribution in [0.15, 0.2) is 29.8 Å². The van der Waals surface area contributed by atoms with Crippen LogP contribution >= 0.6 is 23.2 Å². The number of fused-ring (bicyclic) bond motifs is 4. The third-order valence-electron chi connectivity index (χ3n) is 9.63. The molecule has 3 fully saturated rings. The molecule has 2 aliphatic carbocycles. The van der Waals surface area contributed by atoms with Gasteiger partial charge in [0.05, 0.1) is 18.9 Å². The average molecular weight is 717 g/mol. The molecular weight excluding hydrogens is 694 g/mol. The number of carbonyl (C=O) groups is 5. The number of carboxylic acids is 1. The molecule has 254 valence electrons. The molecule has 0 bridgehead atoms. The number of allylic oxidation sites excluding steroid dienone is 2. The average Bonchev–Trinajstić information content (AvgIpc) is 3.37. The summed E-state index contributed by atoms with van der Waals surface area (Å²) in [5.74, 6) is -23.8. The van der Waals surface area contributed by atoms with E-state index in [1.807, 2.05) is 0 Å². The van der Waals surface area contributed by atoms with Crippen LogP contribution in [-0.4, -0.2) is 68.1 Å². The van der Waals surface area contributed by atoms with Gasteiger partial charge >= 0.3 is 5.97 Å². The number of carboxylic acid groups (broad SMARTS) is 1. The highest BCUT2D eigenvalue weighted by atomic mass is 35.5. The Bertz CT molecular complexity index is 1850. The van der Waals surface area contributed by atoms with Crippen molar-refractivity contribution < 1.29 is 60.9 Å². The van der Waals surface area contributed by atoms with Crippen molar-refractivity contribution in [1.29, 1.82) is 0 Å². The molecule has 4 amide bonds. The fraction of sp³-hybridized carbons (Fsp3) is 0.387. The van der Waals surface area contributed by atoms with Gasteiger partial charge in [0.1, 0.15) is 17.2 Å². The molecule has 2 aliphatic heterocycles. The van der Waals surface area contributed by atoms with E-state index in [0.29, 0.717) is 0 Å². The lowest BCUT2D eigenvalue weighted by Crippen LogP contribution is -2.60. The molecule has 48 heavy (non-hydrogen) atoms. The van der Waals surface area contributed by atoms with Gasteiger partial charge in [-0.2, -0.15) is 0 Å². The smallest absolute Gasteiger partial charge is 0.303 e. The number of ether oxygens (including phenoxy) is 1. The van der Waals surface area contributed by atoms with Crippen LogP contribution in [-0.2, 0) is 24.0 Å². The van der Waals surface area contributed by atoms with Crippen LogP contribution in [0.25, 0.3) is 0 Å². The second kappa shape index (κ2) is 11.4. The second-order valence-corrected chi connectivity index (χ2v) is 13.2. The van der Waals surface area contributed by atoms with Crippen molar-refractivity contribution in [2.75, 3.05) is 18.6 Å². The molecule has 17 heteroatoms. The standard InChI is InChI=1S/C31H23Cl2F5N2O8/c1-48-11-4-5-13(16(41)9-11)19-12-6-7-14-18(27(45)39(26(14)44)8-2-3-17(42)43)15(12)10-30(32)28(46)40(29(47)31(19,30)33)25-23(37)21(35)20(34)22(36)24(25)38/h4-6,9,14-15,18-19,41H,2-3,7-8,10H2,1H3,(H,42,43). The van der Waals surface area contributed by atoms with E-state index in [1.165, 1.54) is 25.3 Å². The quantitative estimate of drug-likeness (QED) is 0.106. The Balaban J connectivity index is 1.54. The first-order valence-electron chi connectivity index (χ1n) is 14.4. The number of hydrogen-bond donors (Lipinski definition) is 2. The number of imide groups is 2. The van der Waals surface area contributed by atoms with E-state index in [-0.39, 0.29) is 47.6 Å². The highest BCUT2D eigenvalue weighted by Gasteiger charge is 2.77. The van der Waals surface area contributed by atoms with Gasteiger partial charge in [-0.05, 0) is 31.2 Å². The maximum Gasteiger partial charge on any atom is 0.303 e. The Labute approximate surface area is 277 Å². The van der Waals surface area contributed by atoms with Crippen molar-refractivity contribution in [2.45, 2.75) is 41.3 Å². The Morgan fingerprint density at radius 3 is 2.17 bits per heavy atom. The van der Waals surface area contributed by atoms with Gasteiger partial charge in [-0.3, -0.25) is 28.9 Å². The number of aromatic hydroxyl groups is 1. The van der Waals surface area contributed by atoms with E-state index in [2.05, 4.69) is 0 Å². The number of aliphatic carboxylic acids is 1. The van der Waals surface area contributed by atoms with Gasteiger partial charge in [-0.1, -0.05) is 17.7 Å². The van der Waals surface area contributed by atoms with Crippen molar-refractivity contribution in [1.82, 2.24) is 4.90 Å². The number of anilines is 1. The van der Waals surface area contributed by atoms with Crippen molar-refractivity contribution >= 4 is 58.5 Å². The summed E-state index contributed by atoms with van der Waals surface area (Å²) in [4.78, 5) is 61.6. The number of likely N-dealkylation sites (tertiary alicyclic amines) is 1. The lowest BCUT2D eigenvalue weighted by atomic mass is 9.56. The number of carbonyl (C=O) groups excluding carboxylic acids is 4. The first-order valence-corrected chi connectivity index (χ1v) is 15.2. The van der Waals surface area contributed by atoms with Crippen LogP contribution in [0.2, 0.25) is 0 Å². The summed E-state index contributed by atoms with van der Waals surface area (Å²) in [6.45, 7) is -0.237. The van der Waals surface area contributed by atoms with Gasteiger partial charge in [0, 0.05) is 30.5 Å². The molecule has 6 rings (SSSR count). The number of alkyl halides is 2. The van der Waals surface area contributed by atoms with Gasteiger partial charge in [0.2, 0.25) is 17.6 Å². The normalized spacial score (nSPS) is 29.5. The van der Waals surface area contributed by atoms with Crippen LogP contribution in [0.4, 0.5) is 27.6 Å². The highest BCUT2D eigenvalue weighted by Crippen LogP contribution is 2.66. The number of methoxy groups -OCH3 is 1. The van der Waals surface area contributed by atoms with Crippen molar-refractivity contribution in [3.8, 4) is 11.5 Å². The lowest BCUT2D eigenvalue weighted by Gasteiger charge is -2.50. The SMILES string of the molecule is COc1ccc(C2C3=CCC4C(=O)N(CCCC(=O)O)C(=O)C4C3CC3(Cl)C(=O)N(c4c(F)c(F)c(F)c(F)c4F)C(=O)C23Cl)c(O)c1. The molecule has 0 radical (unpaired) electrons. The number of hydrogen-bond acceptors (Lipinski definition) is 7. The second-order valence-electron chi connectivity index (χ2n) is 11.9. The zero-order valence-electron chi connectivity index (χ0n) is 24.5. The molecule has 0 aromatic heterocycles. The number of phenolic OH excluding ortho intramolecular Hbond substituents is 1. The lowest BCUT2D eigenvalue weighted by molar-refractivity contribution is -0.142. The summed E-state index contributed by atoms with van der Waals surface area (Å²) < 4.78 is 78.0. The third-order valence-corrected chi connectivity index (χ3v) is 11.0. The zero-order chi connectivity index (χ0) is 35.2. The summed E-state index contributed by atoms with van der Waals surface area (Å²) >= 11 is 14.0. The molecule has 2 aromatic rings. The minimum absolute atomic E-state index is 0.0619. The molecule has 6 atom stereocenters. The predicted octanol–water partition coefficient (Wildman–Crippen LogP) is 4.52. The summed E-state index contributed by atoms with van der Waals surface area (Å²) in [5, 5.41) is 20.1. The topological polar surface area (TPSA) is 142 Å². The summed E-state index contributed by atoms with van der Waals surface area (Å²) in [7, 11) is 1.29. The fourth-order valence-corrected chi connectivity index (χ4v) is 8.41. The number of rotatable bonds is 7. The number of nitrogens with zero attached hydrogens (tertiary/aromatic N) is 2. The molecule has 2 saturated heterocycles. The van der Waals surface area contributed by atoms with Gasteiger partial charge in [0.25, 0.3) is 11.8 Å². The van der Waals surface area contributed by atoms with Gasteiger partial charge in [0.15, 0.2) is 33.0 Å². The number of amides is 4. The van der Waals surface area contributed by atoms with E-state index in [1.54, 1.807) is 0 Å². The minimum atomic E-state index is -2.79. The van der Waals surface area contributed by atoms with Gasteiger partial charge < -0.3 is 14.9 Å². The molecule has 0 spiro atoms. The van der Waals surface area contributed by atoms with Crippen LogP contribution in [0, 0.1) is 46.8 Å². The first-order chi connectivity index (χ1) is 22.5. The highest BCUT2D eigenvalue weighted by molar-refractivity contribution is 6.58. The summed E-state index contributed by atoms with van der Waals surface area (Å²) in [6, 6.07) is 3.73. The molecular formula is C31H23Cl2F5N2O8. The van der Waals surface area contributed by atoms with E-state index in [4.69, 9.17) is 33.0 Å². The predicted molar refractivity (Wildman–Crippen MR) is 155 cm³/mol. The maximum absolute atomic E-state index is 15.1. The van der Waals surface area contributed by atoms with Gasteiger partial charge in [-0.15, -0.1) is 23.2 Å². The molecule has 2 N–H and O–H groups in total. The minimum Gasteiger partial charge on any atom is -0.508 e. The summed E-state index contributed by atoms with van der Waals surface area (Å²) in [6.07, 6.45) is 0.258. The number of halogens is 7. The summed E-state index contributed by atoms with van der Waals surface area (Å²) in [5.41, 5.74) is -1.93. The zero-order valence-corrected chi connectivity index (χ0v) is 26.1. The van der Waals surface area contributed by atoms with E-state index < -0.39 is 110 Å².